The van der Waals surface area contributed by atoms with Gasteiger partial charge < -0.3 is 5.32 Å². The van der Waals surface area contributed by atoms with Gasteiger partial charge in [0.2, 0.25) is 4.96 Å². The van der Waals surface area contributed by atoms with Gasteiger partial charge in [0.1, 0.15) is 0 Å². The minimum atomic E-state index is -0.0677. The van der Waals surface area contributed by atoms with Gasteiger partial charge in [-0.15, -0.1) is 16.4 Å². The van der Waals surface area contributed by atoms with Crippen molar-refractivity contribution in [2.24, 2.45) is 0 Å². The molecule has 0 aliphatic rings. The fourth-order valence-corrected chi connectivity index (χ4v) is 3.71. The second-order valence-electron chi connectivity index (χ2n) is 6.24. The van der Waals surface area contributed by atoms with Crippen molar-refractivity contribution in [3.8, 4) is 11.4 Å². The second kappa shape index (κ2) is 7.50. The van der Waals surface area contributed by atoms with E-state index < -0.39 is 0 Å². The lowest BCUT2D eigenvalue weighted by atomic mass is 10.1. The molecule has 7 heteroatoms. The third-order valence-corrected chi connectivity index (χ3v) is 5.35. The van der Waals surface area contributed by atoms with Crippen molar-refractivity contribution in [2.45, 2.75) is 13.3 Å². The Morgan fingerprint density at radius 1 is 1.15 bits per heavy atom. The predicted octanol–water partition coefficient (Wildman–Crippen LogP) is 4.39. The van der Waals surface area contributed by atoms with Crippen LogP contribution in [-0.4, -0.2) is 27.0 Å². The maximum Gasteiger partial charge on any atom is 0.251 e. The zero-order chi connectivity index (χ0) is 18.8. The number of hydrogen-bond donors (Lipinski definition) is 1. The summed E-state index contributed by atoms with van der Waals surface area (Å²) in [5.74, 6) is 0.602. The van der Waals surface area contributed by atoms with Crippen molar-refractivity contribution in [2.75, 3.05) is 6.54 Å². The number of thiazole rings is 1. The van der Waals surface area contributed by atoms with Crippen molar-refractivity contribution in [3.05, 3.63) is 75.8 Å². The number of rotatable bonds is 5. The van der Waals surface area contributed by atoms with Crippen LogP contribution in [0.2, 0.25) is 5.02 Å². The standard InChI is InChI=1S/C20H17ClN4OS/c1-13-2-4-15(5-3-13)19(26)22-11-10-17-12-27-20-23-18(24-25(17)20)14-6-8-16(21)9-7-14/h2-9,12H,10-11H2,1H3,(H,22,26). The lowest BCUT2D eigenvalue weighted by Gasteiger charge is -2.05. The smallest absolute Gasteiger partial charge is 0.251 e. The summed E-state index contributed by atoms with van der Waals surface area (Å²) in [7, 11) is 0. The normalized spacial score (nSPS) is 11.0. The molecule has 2 aromatic heterocycles. The van der Waals surface area contributed by atoms with Crippen molar-refractivity contribution in [3.63, 3.8) is 0 Å². The quantitative estimate of drug-likeness (QED) is 0.544. The van der Waals surface area contributed by atoms with Gasteiger partial charge in [-0.25, -0.2) is 4.52 Å². The molecule has 0 bridgehead atoms. The van der Waals surface area contributed by atoms with E-state index in [1.165, 1.54) is 11.3 Å². The van der Waals surface area contributed by atoms with E-state index in [0.29, 0.717) is 29.4 Å². The minimum Gasteiger partial charge on any atom is -0.352 e. The molecule has 4 rings (SSSR count). The number of aryl methyl sites for hydroxylation is 1. The zero-order valence-corrected chi connectivity index (χ0v) is 16.2. The molecule has 0 atom stereocenters. The maximum absolute atomic E-state index is 12.2. The maximum atomic E-state index is 12.2. The largest absolute Gasteiger partial charge is 0.352 e. The number of fused-ring (bicyclic) bond motifs is 1. The summed E-state index contributed by atoms with van der Waals surface area (Å²) >= 11 is 7.48. The average molecular weight is 397 g/mol. The van der Waals surface area contributed by atoms with Crippen molar-refractivity contribution in [1.82, 2.24) is 19.9 Å². The Hall–Kier alpha value is -2.70. The van der Waals surface area contributed by atoms with Crippen LogP contribution < -0.4 is 5.32 Å². The highest BCUT2D eigenvalue weighted by molar-refractivity contribution is 7.15. The predicted molar refractivity (Wildman–Crippen MR) is 109 cm³/mol. The van der Waals surface area contributed by atoms with Gasteiger partial charge >= 0.3 is 0 Å². The topological polar surface area (TPSA) is 59.3 Å². The van der Waals surface area contributed by atoms with Crippen molar-refractivity contribution < 1.29 is 4.79 Å². The van der Waals surface area contributed by atoms with Crippen LogP contribution in [0.3, 0.4) is 0 Å². The highest BCUT2D eigenvalue weighted by Crippen LogP contribution is 2.22. The zero-order valence-electron chi connectivity index (χ0n) is 14.6. The first kappa shape index (κ1) is 17.7. The Morgan fingerprint density at radius 2 is 1.89 bits per heavy atom. The van der Waals surface area contributed by atoms with E-state index in [4.69, 9.17) is 11.6 Å². The molecule has 0 spiro atoms. The summed E-state index contributed by atoms with van der Waals surface area (Å²) in [5, 5.41) is 10.3. The number of hydrogen-bond acceptors (Lipinski definition) is 4. The molecule has 0 fully saturated rings. The molecule has 27 heavy (non-hydrogen) atoms. The van der Waals surface area contributed by atoms with E-state index in [0.717, 1.165) is 21.8 Å². The molecule has 0 aliphatic heterocycles. The van der Waals surface area contributed by atoms with Gasteiger partial charge in [-0.05, 0) is 43.3 Å². The highest BCUT2D eigenvalue weighted by Gasteiger charge is 2.12. The number of benzene rings is 2. The summed E-state index contributed by atoms with van der Waals surface area (Å²) < 4.78 is 1.84. The molecule has 2 heterocycles. The molecular weight excluding hydrogens is 380 g/mol. The molecule has 0 saturated heterocycles. The number of aromatic nitrogens is 3. The van der Waals surface area contributed by atoms with Crippen LogP contribution in [0.15, 0.2) is 53.9 Å². The Labute approximate surface area is 165 Å². The molecule has 136 valence electrons. The Balaban J connectivity index is 1.44. The highest BCUT2D eigenvalue weighted by atomic mass is 35.5. The van der Waals surface area contributed by atoms with Gasteiger partial charge in [0, 0.05) is 34.5 Å². The van der Waals surface area contributed by atoms with E-state index in [9.17, 15) is 4.79 Å². The van der Waals surface area contributed by atoms with E-state index >= 15 is 0 Å². The van der Waals surface area contributed by atoms with Gasteiger partial charge in [0.15, 0.2) is 5.82 Å². The molecule has 1 amide bonds. The molecule has 0 aliphatic carbocycles. The molecule has 0 unspecified atom stereocenters. The van der Waals surface area contributed by atoms with E-state index in [1.54, 1.807) is 0 Å². The monoisotopic (exact) mass is 396 g/mol. The summed E-state index contributed by atoms with van der Waals surface area (Å²) in [5.41, 5.74) is 3.75. The van der Waals surface area contributed by atoms with Gasteiger partial charge in [-0.1, -0.05) is 29.3 Å². The summed E-state index contributed by atoms with van der Waals surface area (Å²) in [6.45, 7) is 2.54. The molecule has 1 N–H and O–H groups in total. The van der Waals surface area contributed by atoms with E-state index in [-0.39, 0.29) is 5.91 Å². The fraction of sp³-hybridized carbons (Fsp3) is 0.150. The second-order valence-corrected chi connectivity index (χ2v) is 7.51. The molecule has 5 nitrogen and oxygen atoms in total. The first-order chi connectivity index (χ1) is 13.1. The van der Waals surface area contributed by atoms with Crippen molar-refractivity contribution >= 4 is 33.8 Å². The van der Waals surface area contributed by atoms with Crippen LogP contribution in [0.5, 0.6) is 0 Å². The number of nitrogens with one attached hydrogen (secondary N) is 1. The number of amides is 1. The molecule has 4 aromatic rings. The Kier molecular flexibility index (Phi) is 4.92. The minimum absolute atomic E-state index is 0.0677. The number of halogens is 1. The van der Waals surface area contributed by atoms with Crippen LogP contribution in [-0.2, 0) is 6.42 Å². The third kappa shape index (κ3) is 3.86. The van der Waals surface area contributed by atoms with E-state index in [2.05, 4.69) is 15.4 Å². The van der Waals surface area contributed by atoms with Gasteiger partial charge in [0.25, 0.3) is 5.91 Å². The number of carbonyl (C=O) groups is 1. The van der Waals surface area contributed by atoms with Crippen LogP contribution in [0.25, 0.3) is 16.3 Å². The molecular formula is C20H17ClN4OS. The lowest BCUT2D eigenvalue weighted by Crippen LogP contribution is -2.25. The number of nitrogens with zero attached hydrogens (tertiary/aromatic N) is 3. The molecule has 2 aromatic carbocycles. The molecule has 0 radical (unpaired) electrons. The van der Waals surface area contributed by atoms with Crippen LogP contribution in [0, 0.1) is 6.92 Å². The summed E-state index contributed by atoms with van der Waals surface area (Å²) in [6.07, 6.45) is 0.682. The summed E-state index contributed by atoms with van der Waals surface area (Å²) in [4.78, 5) is 17.6. The molecule has 0 saturated carbocycles. The Morgan fingerprint density at radius 3 is 2.63 bits per heavy atom. The van der Waals surface area contributed by atoms with Crippen LogP contribution in [0.4, 0.5) is 0 Å². The average Bonchev–Trinajstić information content (AvgIpc) is 3.24. The van der Waals surface area contributed by atoms with Gasteiger partial charge in [0.05, 0.1) is 5.69 Å². The van der Waals surface area contributed by atoms with Gasteiger partial charge in [-0.2, -0.15) is 4.98 Å². The lowest BCUT2D eigenvalue weighted by molar-refractivity contribution is 0.0954. The fourth-order valence-electron chi connectivity index (χ4n) is 2.73. The first-order valence-corrected chi connectivity index (χ1v) is 9.80. The van der Waals surface area contributed by atoms with Crippen LogP contribution in [0.1, 0.15) is 21.6 Å². The first-order valence-electron chi connectivity index (χ1n) is 8.54. The SMILES string of the molecule is Cc1ccc(C(=O)NCCc2csc3nc(-c4ccc(Cl)cc4)nn23)cc1. The summed E-state index contributed by atoms with van der Waals surface area (Å²) in [6, 6.07) is 15.0. The Bertz CT molecular complexity index is 1080. The third-order valence-electron chi connectivity index (χ3n) is 4.23. The number of carbonyl (C=O) groups excluding carboxylic acids is 1. The van der Waals surface area contributed by atoms with E-state index in [1.807, 2.05) is 65.4 Å². The van der Waals surface area contributed by atoms with Gasteiger partial charge in [-0.3, -0.25) is 4.79 Å². The van der Waals surface area contributed by atoms with Crippen LogP contribution >= 0.6 is 22.9 Å². The van der Waals surface area contributed by atoms with Crippen molar-refractivity contribution in [1.29, 1.82) is 0 Å².